The van der Waals surface area contributed by atoms with E-state index in [4.69, 9.17) is 5.73 Å². The number of nitrogens with zero attached hydrogens (tertiary/aromatic N) is 1. The molecule has 2 rings (SSSR count). The van der Waals surface area contributed by atoms with Crippen LogP contribution in [0.25, 0.3) is 0 Å². The molecule has 0 aromatic carbocycles. The average Bonchev–Trinajstić information content (AvgIpc) is 2.63. The van der Waals surface area contributed by atoms with E-state index in [9.17, 15) is 5.11 Å². The molecule has 0 bridgehead atoms. The summed E-state index contributed by atoms with van der Waals surface area (Å²) in [6, 6.07) is 0. The summed E-state index contributed by atoms with van der Waals surface area (Å²) < 4.78 is 0. The Morgan fingerprint density at radius 3 is 2.77 bits per heavy atom. The first kappa shape index (κ1) is 9.12. The molecule has 1 aliphatic rings. The van der Waals surface area contributed by atoms with Gasteiger partial charge in [0.15, 0.2) is 0 Å². The van der Waals surface area contributed by atoms with Crippen molar-refractivity contribution in [3.8, 4) is 0 Å². The van der Waals surface area contributed by atoms with Gasteiger partial charge in [-0.25, -0.2) is 0 Å². The summed E-state index contributed by atoms with van der Waals surface area (Å²) in [7, 11) is 0. The second-order valence-corrected chi connectivity index (χ2v) is 4.64. The van der Waals surface area contributed by atoms with E-state index in [1.807, 2.05) is 11.7 Å². The first-order valence-electron chi connectivity index (χ1n) is 4.57. The fraction of sp³-hybridized carbons (Fsp3) is 0.667. The molecule has 1 heterocycles. The number of hydrogen-bond donors (Lipinski definition) is 2. The maximum atomic E-state index is 9.37. The summed E-state index contributed by atoms with van der Waals surface area (Å²) >= 11 is 1.61. The largest absolute Gasteiger partial charge is 0.393 e. The highest BCUT2D eigenvalue weighted by atomic mass is 32.1. The van der Waals surface area contributed by atoms with Crippen molar-refractivity contribution in [1.29, 1.82) is 0 Å². The van der Waals surface area contributed by atoms with Crippen LogP contribution in [-0.2, 0) is 5.54 Å². The van der Waals surface area contributed by atoms with Crippen LogP contribution in [0.3, 0.4) is 0 Å². The van der Waals surface area contributed by atoms with E-state index >= 15 is 0 Å². The van der Waals surface area contributed by atoms with Gasteiger partial charge in [-0.3, -0.25) is 4.98 Å². The van der Waals surface area contributed by atoms with Crippen molar-refractivity contribution in [2.24, 2.45) is 5.73 Å². The monoisotopic (exact) mass is 198 g/mol. The van der Waals surface area contributed by atoms with Crippen LogP contribution in [-0.4, -0.2) is 16.2 Å². The lowest BCUT2D eigenvalue weighted by molar-refractivity contribution is 0.0979. The van der Waals surface area contributed by atoms with Crippen LogP contribution in [0.4, 0.5) is 0 Å². The quantitative estimate of drug-likeness (QED) is 0.713. The first-order chi connectivity index (χ1) is 6.21. The highest BCUT2D eigenvalue weighted by Gasteiger charge is 2.33. The summed E-state index contributed by atoms with van der Waals surface area (Å²) in [5, 5.41) is 9.37. The molecule has 1 aromatic rings. The maximum absolute atomic E-state index is 9.37. The van der Waals surface area contributed by atoms with Gasteiger partial charge in [-0.15, -0.1) is 11.3 Å². The topological polar surface area (TPSA) is 59.1 Å². The number of aromatic nitrogens is 1. The van der Waals surface area contributed by atoms with Crippen molar-refractivity contribution in [3.63, 3.8) is 0 Å². The Balaban J connectivity index is 2.13. The van der Waals surface area contributed by atoms with E-state index in [0.717, 1.165) is 30.6 Å². The minimum Gasteiger partial charge on any atom is -0.393 e. The molecule has 1 aromatic heterocycles. The Hall–Kier alpha value is -0.450. The molecule has 1 aliphatic carbocycles. The molecule has 1 fully saturated rings. The Labute approximate surface area is 81.6 Å². The number of nitrogens with two attached hydrogens (primary N) is 1. The van der Waals surface area contributed by atoms with Crippen LogP contribution in [0, 0.1) is 0 Å². The fourth-order valence-electron chi connectivity index (χ4n) is 1.83. The number of rotatable bonds is 1. The number of aliphatic hydroxyl groups excluding tert-OH is 1. The third-order valence-electron chi connectivity index (χ3n) is 2.77. The predicted molar refractivity (Wildman–Crippen MR) is 52.5 cm³/mol. The van der Waals surface area contributed by atoms with Gasteiger partial charge in [-0.05, 0) is 25.7 Å². The normalized spacial score (nSPS) is 34.8. The summed E-state index contributed by atoms with van der Waals surface area (Å²) in [5.41, 5.74) is 7.84. The molecular formula is C9H14N2OS. The van der Waals surface area contributed by atoms with Gasteiger partial charge < -0.3 is 10.8 Å². The summed E-state index contributed by atoms with van der Waals surface area (Å²) in [6.07, 6.45) is 5.07. The molecule has 1 saturated carbocycles. The van der Waals surface area contributed by atoms with E-state index in [1.54, 1.807) is 11.3 Å². The van der Waals surface area contributed by atoms with E-state index < -0.39 is 0 Å². The van der Waals surface area contributed by atoms with Crippen LogP contribution in [0.15, 0.2) is 11.7 Å². The van der Waals surface area contributed by atoms with Gasteiger partial charge in [0.2, 0.25) is 0 Å². The molecule has 0 saturated heterocycles. The minimum atomic E-state index is -0.222. The zero-order chi connectivity index (χ0) is 9.31. The van der Waals surface area contributed by atoms with Gasteiger partial charge >= 0.3 is 0 Å². The molecule has 3 N–H and O–H groups in total. The Bertz CT molecular complexity index is 265. The fourth-order valence-corrected chi connectivity index (χ4v) is 2.62. The predicted octanol–water partition coefficient (Wildman–Crippen LogP) is 1.23. The van der Waals surface area contributed by atoms with Gasteiger partial charge in [0.1, 0.15) is 0 Å². The maximum Gasteiger partial charge on any atom is 0.0794 e. The van der Waals surface area contributed by atoms with Gasteiger partial charge in [-0.1, -0.05) is 0 Å². The van der Waals surface area contributed by atoms with Gasteiger partial charge in [0.25, 0.3) is 0 Å². The van der Waals surface area contributed by atoms with Crippen molar-refractivity contribution in [1.82, 2.24) is 4.98 Å². The lowest BCUT2D eigenvalue weighted by atomic mass is 9.80. The van der Waals surface area contributed by atoms with Gasteiger partial charge in [-0.2, -0.15) is 0 Å². The van der Waals surface area contributed by atoms with Crippen LogP contribution in [0.5, 0.6) is 0 Å². The van der Waals surface area contributed by atoms with Crippen molar-refractivity contribution < 1.29 is 5.11 Å². The molecule has 4 heteroatoms. The number of thiazole rings is 1. The van der Waals surface area contributed by atoms with Crippen LogP contribution >= 0.6 is 11.3 Å². The van der Waals surface area contributed by atoms with Crippen molar-refractivity contribution >= 4 is 11.3 Å². The molecule has 72 valence electrons. The molecule has 0 radical (unpaired) electrons. The molecule has 0 aliphatic heterocycles. The van der Waals surface area contributed by atoms with Crippen molar-refractivity contribution in [2.75, 3.05) is 0 Å². The zero-order valence-electron chi connectivity index (χ0n) is 7.44. The van der Waals surface area contributed by atoms with Gasteiger partial charge in [0, 0.05) is 11.1 Å². The highest BCUT2D eigenvalue weighted by molar-refractivity contribution is 7.09. The Morgan fingerprint density at radius 2 is 2.23 bits per heavy atom. The summed E-state index contributed by atoms with van der Waals surface area (Å²) in [6.45, 7) is 0. The Morgan fingerprint density at radius 1 is 1.54 bits per heavy atom. The minimum absolute atomic E-state index is 0.149. The second-order valence-electron chi connectivity index (χ2n) is 3.75. The van der Waals surface area contributed by atoms with Crippen LogP contribution < -0.4 is 5.73 Å². The summed E-state index contributed by atoms with van der Waals surface area (Å²) in [4.78, 5) is 5.19. The summed E-state index contributed by atoms with van der Waals surface area (Å²) in [5.74, 6) is 0. The third-order valence-corrected chi connectivity index (χ3v) is 3.76. The van der Waals surface area contributed by atoms with E-state index in [2.05, 4.69) is 4.98 Å². The molecule has 3 nitrogen and oxygen atoms in total. The lowest BCUT2D eigenvalue weighted by Gasteiger charge is -2.34. The Kier molecular flexibility index (Phi) is 2.36. The zero-order valence-corrected chi connectivity index (χ0v) is 8.26. The number of aliphatic hydroxyl groups is 1. The van der Waals surface area contributed by atoms with Crippen molar-refractivity contribution in [2.45, 2.75) is 37.3 Å². The van der Waals surface area contributed by atoms with E-state index in [1.165, 1.54) is 0 Å². The van der Waals surface area contributed by atoms with Crippen LogP contribution in [0.1, 0.15) is 30.6 Å². The number of hydrogen-bond acceptors (Lipinski definition) is 4. The van der Waals surface area contributed by atoms with Gasteiger partial charge in [0.05, 0.1) is 17.2 Å². The third kappa shape index (κ3) is 1.75. The molecule has 0 unspecified atom stereocenters. The molecule has 0 amide bonds. The SMILES string of the molecule is NC1(c2cncs2)CCC(O)CC1. The lowest BCUT2D eigenvalue weighted by Crippen LogP contribution is -2.40. The van der Waals surface area contributed by atoms with E-state index in [-0.39, 0.29) is 11.6 Å². The molecule has 0 atom stereocenters. The van der Waals surface area contributed by atoms with E-state index in [0.29, 0.717) is 0 Å². The van der Waals surface area contributed by atoms with Crippen molar-refractivity contribution in [3.05, 3.63) is 16.6 Å². The molecule has 0 spiro atoms. The molecular weight excluding hydrogens is 184 g/mol. The second kappa shape index (κ2) is 3.36. The van der Waals surface area contributed by atoms with Crippen LogP contribution in [0.2, 0.25) is 0 Å². The first-order valence-corrected chi connectivity index (χ1v) is 5.45. The highest BCUT2D eigenvalue weighted by Crippen LogP contribution is 2.36. The average molecular weight is 198 g/mol. The molecule has 13 heavy (non-hydrogen) atoms. The smallest absolute Gasteiger partial charge is 0.0794 e. The standard InChI is InChI=1S/C9H14N2OS/c10-9(8-5-11-6-13-8)3-1-7(12)2-4-9/h5-7,12H,1-4,10H2.